The highest BCUT2D eigenvalue weighted by Crippen LogP contribution is 2.34. The van der Waals surface area contributed by atoms with E-state index < -0.39 is 0 Å². The normalized spacial score (nSPS) is 20.8. The topological polar surface area (TPSA) is 55.3 Å². The van der Waals surface area contributed by atoms with Crippen molar-refractivity contribution in [2.24, 2.45) is 10.9 Å². The van der Waals surface area contributed by atoms with Gasteiger partial charge in [-0.3, -0.25) is 4.99 Å². The SMILES string of the molecule is CN=C(NCC1CCCOC1c1ccc(C)cc1)N(C)Cc1ccc2c(c1)OCO2. The van der Waals surface area contributed by atoms with Crippen LogP contribution in [0, 0.1) is 12.8 Å². The third kappa shape index (κ3) is 4.70. The molecular formula is C24H31N3O3. The third-order valence-electron chi connectivity index (χ3n) is 5.80. The Morgan fingerprint density at radius 1 is 1.13 bits per heavy atom. The summed E-state index contributed by atoms with van der Waals surface area (Å²) in [4.78, 5) is 6.61. The van der Waals surface area contributed by atoms with E-state index in [-0.39, 0.29) is 6.10 Å². The Kier molecular flexibility index (Phi) is 6.43. The first-order valence-electron chi connectivity index (χ1n) is 10.6. The molecule has 2 aromatic rings. The zero-order valence-corrected chi connectivity index (χ0v) is 18.1. The lowest BCUT2D eigenvalue weighted by Crippen LogP contribution is -2.42. The predicted molar refractivity (Wildman–Crippen MR) is 118 cm³/mol. The minimum atomic E-state index is 0.129. The number of hydrogen-bond donors (Lipinski definition) is 1. The molecule has 2 aliphatic rings. The average molecular weight is 410 g/mol. The Morgan fingerprint density at radius 3 is 2.73 bits per heavy atom. The van der Waals surface area contributed by atoms with E-state index in [0.717, 1.165) is 55.6 Å². The summed E-state index contributed by atoms with van der Waals surface area (Å²) in [5, 5.41) is 3.56. The highest BCUT2D eigenvalue weighted by Gasteiger charge is 2.28. The molecule has 160 valence electrons. The summed E-state index contributed by atoms with van der Waals surface area (Å²) in [5.74, 6) is 2.91. The minimum absolute atomic E-state index is 0.129. The van der Waals surface area contributed by atoms with Crippen molar-refractivity contribution in [2.75, 3.05) is 34.0 Å². The van der Waals surface area contributed by atoms with Crippen molar-refractivity contribution in [2.45, 2.75) is 32.4 Å². The second-order valence-corrected chi connectivity index (χ2v) is 8.08. The quantitative estimate of drug-likeness (QED) is 0.600. The molecular weight excluding hydrogens is 378 g/mol. The standard InChI is InChI=1S/C24H31N3O3/c1-17-6-9-19(10-7-17)23-20(5-4-12-28-23)14-26-24(25-2)27(3)15-18-8-11-21-22(13-18)30-16-29-21/h6-11,13,20,23H,4-5,12,14-16H2,1-3H3,(H,25,26). The van der Waals surface area contributed by atoms with Gasteiger partial charge in [-0.05, 0) is 43.0 Å². The highest BCUT2D eigenvalue weighted by molar-refractivity contribution is 5.79. The maximum atomic E-state index is 6.16. The molecule has 1 saturated heterocycles. The van der Waals surface area contributed by atoms with Crippen LogP contribution in [0.15, 0.2) is 47.5 Å². The van der Waals surface area contributed by atoms with Gasteiger partial charge in [0.05, 0.1) is 6.10 Å². The van der Waals surface area contributed by atoms with Gasteiger partial charge in [-0.15, -0.1) is 0 Å². The predicted octanol–water partition coefficient (Wildman–Crippen LogP) is 3.90. The molecule has 2 atom stereocenters. The van der Waals surface area contributed by atoms with Crippen LogP contribution < -0.4 is 14.8 Å². The molecule has 2 unspecified atom stereocenters. The van der Waals surface area contributed by atoms with Gasteiger partial charge in [-0.2, -0.15) is 0 Å². The Balaban J connectivity index is 1.37. The smallest absolute Gasteiger partial charge is 0.231 e. The maximum Gasteiger partial charge on any atom is 0.231 e. The first-order chi connectivity index (χ1) is 14.6. The van der Waals surface area contributed by atoms with Gasteiger partial charge >= 0.3 is 0 Å². The number of benzene rings is 2. The van der Waals surface area contributed by atoms with Crippen LogP contribution in [0.5, 0.6) is 11.5 Å². The number of aryl methyl sites for hydroxylation is 1. The first kappa shape index (κ1) is 20.5. The monoisotopic (exact) mass is 409 g/mol. The van der Waals surface area contributed by atoms with Crippen LogP contribution in [0.1, 0.15) is 35.6 Å². The molecule has 0 amide bonds. The summed E-state index contributed by atoms with van der Waals surface area (Å²) in [7, 11) is 3.88. The summed E-state index contributed by atoms with van der Waals surface area (Å²) in [5.41, 5.74) is 3.69. The van der Waals surface area contributed by atoms with Crippen molar-refractivity contribution < 1.29 is 14.2 Å². The molecule has 0 saturated carbocycles. The van der Waals surface area contributed by atoms with Gasteiger partial charge in [-0.25, -0.2) is 0 Å². The number of nitrogens with zero attached hydrogens (tertiary/aromatic N) is 2. The van der Waals surface area contributed by atoms with Gasteiger partial charge in [0.15, 0.2) is 17.5 Å². The molecule has 30 heavy (non-hydrogen) atoms. The van der Waals surface area contributed by atoms with E-state index in [1.165, 1.54) is 11.1 Å². The van der Waals surface area contributed by atoms with E-state index in [1.54, 1.807) is 0 Å². The summed E-state index contributed by atoms with van der Waals surface area (Å²) in [6.45, 7) is 4.80. The lowest BCUT2D eigenvalue weighted by Gasteiger charge is -2.33. The van der Waals surface area contributed by atoms with Crippen LogP contribution in [-0.4, -0.2) is 44.9 Å². The van der Waals surface area contributed by atoms with E-state index in [0.29, 0.717) is 12.7 Å². The Morgan fingerprint density at radius 2 is 1.93 bits per heavy atom. The summed E-state index contributed by atoms with van der Waals surface area (Å²) in [6.07, 6.45) is 2.37. The number of guanidine groups is 1. The van der Waals surface area contributed by atoms with Crippen molar-refractivity contribution in [1.82, 2.24) is 10.2 Å². The van der Waals surface area contributed by atoms with Gasteiger partial charge < -0.3 is 24.4 Å². The van der Waals surface area contributed by atoms with Gasteiger partial charge in [0.25, 0.3) is 0 Å². The van der Waals surface area contributed by atoms with Crippen molar-refractivity contribution >= 4 is 5.96 Å². The second kappa shape index (κ2) is 9.39. The van der Waals surface area contributed by atoms with Crippen LogP contribution in [0.4, 0.5) is 0 Å². The van der Waals surface area contributed by atoms with Crippen molar-refractivity contribution in [3.63, 3.8) is 0 Å². The average Bonchev–Trinajstić information content (AvgIpc) is 3.23. The molecule has 2 aliphatic heterocycles. The van der Waals surface area contributed by atoms with Gasteiger partial charge in [0.1, 0.15) is 0 Å². The highest BCUT2D eigenvalue weighted by atomic mass is 16.7. The summed E-state index contributed by atoms with van der Waals surface area (Å²) >= 11 is 0. The van der Waals surface area contributed by atoms with Crippen LogP contribution in [0.25, 0.3) is 0 Å². The number of aliphatic imine (C=N–C) groups is 1. The zero-order valence-electron chi connectivity index (χ0n) is 18.1. The molecule has 0 spiro atoms. The van der Waals surface area contributed by atoms with Crippen molar-refractivity contribution in [3.8, 4) is 11.5 Å². The fourth-order valence-electron chi connectivity index (χ4n) is 4.17. The third-order valence-corrected chi connectivity index (χ3v) is 5.80. The Hall–Kier alpha value is -2.73. The number of hydrogen-bond acceptors (Lipinski definition) is 4. The number of fused-ring (bicyclic) bond motifs is 1. The van der Waals surface area contributed by atoms with Crippen molar-refractivity contribution in [3.05, 3.63) is 59.2 Å². The molecule has 2 heterocycles. The fraction of sp³-hybridized carbons (Fsp3) is 0.458. The summed E-state index contributed by atoms with van der Waals surface area (Å²) in [6, 6.07) is 14.8. The lowest BCUT2D eigenvalue weighted by atomic mass is 9.89. The van der Waals surface area contributed by atoms with E-state index in [4.69, 9.17) is 14.2 Å². The van der Waals surface area contributed by atoms with Crippen LogP contribution >= 0.6 is 0 Å². The summed E-state index contributed by atoms with van der Waals surface area (Å²) < 4.78 is 17.1. The number of nitrogens with one attached hydrogen (secondary N) is 1. The Labute approximate surface area is 178 Å². The number of ether oxygens (including phenoxy) is 3. The second-order valence-electron chi connectivity index (χ2n) is 8.08. The molecule has 0 radical (unpaired) electrons. The minimum Gasteiger partial charge on any atom is -0.454 e. The van der Waals surface area contributed by atoms with E-state index in [9.17, 15) is 0 Å². The van der Waals surface area contributed by atoms with Crippen LogP contribution in [-0.2, 0) is 11.3 Å². The van der Waals surface area contributed by atoms with E-state index in [2.05, 4.69) is 59.5 Å². The molecule has 6 heteroatoms. The first-order valence-corrected chi connectivity index (χ1v) is 10.6. The molecule has 1 fully saturated rings. The lowest BCUT2D eigenvalue weighted by molar-refractivity contribution is -0.0266. The zero-order chi connectivity index (χ0) is 20.9. The molecule has 0 aliphatic carbocycles. The van der Waals surface area contributed by atoms with Gasteiger partial charge in [0.2, 0.25) is 6.79 Å². The van der Waals surface area contributed by atoms with Crippen LogP contribution in [0.2, 0.25) is 0 Å². The van der Waals surface area contributed by atoms with Crippen LogP contribution in [0.3, 0.4) is 0 Å². The van der Waals surface area contributed by atoms with E-state index in [1.807, 2.05) is 19.2 Å². The van der Waals surface area contributed by atoms with Crippen molar-refractivity contribution in [1.29, 1.82) is 0 Å². The largest absolute Gasteiger partial charge is 0.454 e. The molecule has 0 aromatic heterocycles. The maximum absolute atomic E-state index is 6.16. The van der Waals surface area contributed by atoms with Gasteiger partial charge in [0, 0.05) is 39.7 Å². The fourth-order valence-corrected chi connectivity index (χ4v) is 4.17. The molecule has 1 N–H and O–H groups in total. The van der Waals surface area contributed by atoms with E-state index >= 15 is 0 Å². The van der Waals surface area contributed by atoms with Gasteiger partial charge in [-0.1, -0.05) is 35.9 Å². The molecule has 6 nitrogen and oxygen atoms in total. The number of rotatable bonds is 5. The Bertz CT molecular complexity index is 882. The molecule has 2 aromatic carbocycles. The molecule has 0 bridgehead atoms. The molecule has 4 rings (SSSR count).